The number of rotatable bonds is 6. The normalized spacial score (nSPS) is 12.0. The van der Waals surface area contributed by atoms with Crippen LogP contribution in [0.3, 0.4) is 0 Å². The molecule has 1 heterocycles. The van der Waals surface area contributed by atoms with E-state index in [1.54, 1.807) is 19.9 Å². The predicted octanol–water partition coefficient (Wildman–Crippen LogP) is 1.42. The van der Waals surface area contributed by atoms with Gasteiger partial charge in [-0.05, 0) is 25.1 Å². The minimum atomic E-state index is -3.73. The Labute approximate surface area is 140 Å². The largest absolute Gasteiger partial charge is 0.395 e. The maximum atomic E-state index is 12.6. The molecule has 0 aliphatic carbocycles. The van der Waals surface area contributed by atoms with E-state index in [1.807, 2.05) is 0 Å². The van der Waals surface area contributed by atoms with Crippen LogP contribution in [0.1, 0.15) is 12.6 Å². The number of nitrogen functional groups attached to an aromatic ring is 1. The Kier molecular flexibility index (Phi) is 5.30. The van der Waals surface area contributed by atoms with Crippen molar-refractivity contribution in [2.45, 2.75) is 18.7 Å². The quantitative estimate of drug-likeness (QED) is 0.813. The Bertz CT molecular complexity index is 804. The fourth-order valence-corrected chi connectivity index (χ4v) is 3.89. The highest BCUT2D eigenvalue weighted by Gasteiger charge is 2.24. The number of likely N-dealkylation sites (N-methyl/N-ethyl adjacent to an activating group) is 1. The number of aromatic nitrogens is 2. The molecular formula is C14H19ClN4O3S. The topological polar surface area (TPSA) is 101 Å². The molecule has 7 nitrogen and oxygen atoms in total. The van der Waals surface area contributed by atoms with Crippen molar-refractivity contribution in [3.05, 3.63) is 35.0 Å². The summed E-state index contributed by atoms with van der Waals surface area (Å²) in [6.45, 7) is 3.52. The summed E-state index contributed by atoms with van der Waals surface area (Å²) in [4.78, 5) is 0.0692. The third-order valence-electron chi connectivity index (χ3n) is 3.34. The molecule has 0 amide bonds. The lowest BCUT2D eigenvalue weighted by atomic mass is 10.3. The number of aliphatic hydroxyl groups excluding tert-OH is 1. The number of nitrogens with zero attached hydrogens (tertiary/aromatic N) is 3. The van der Waals surface area contributed by atoms with Crippen LogP contribution in [-0.2, 0) is 10.0 Å². The zero-order valence-corrected chi connectivity index (χ0v) is 14.5. The van der Waals surface area contributed by atoms with E-state index in [2.05, 4.69) is 5.10 Å². The van der Waals surface area contributed by atoms with Gasteiger partial charge in [0.2, 0.25) is 10.0 Å². The molecule has 2 rings (SSSR count). The summed E-state index contributed by atoms with van der Waals surface area (Å²) in [7, 11) is -3.73. The second kappa shape index (κ2) is 6.88. The number of halogens is 1. The van der Waals surface area contributed by atoms with E-state index >= 15 is 0 Å². The summed E-state index contributed by atoms with van der Waals surface area (Å²) in [5, 5.41) is 13.6. The third kappa shape index (κ3) is 3.50. The van der Waals surface area contributed by atoms with Gasteiger partial charge in [-0.2, -0.15) is 9.40 Å². The number of sulfonamides is 1. The Morgan fingerprint density at radius 1 is 1.39 bits per heavy atom. The van der Waals surface area contributed by atoms with E-state index in [1.165, 1.54) is 27.2 Å². The van der Waals surface area contributed by atoms with Crippen LogP contribution in [0.25, 0.3) is 5.69 Å². The number of benzene rings is 1. The van der Waals surface area contributed by atoms with Crippen molar-refractivity contribution in [2.75, 3.05) is 25.4 Å². The van der Waals surface area contributed by atoms with Gasteiger partial charge >= 0.3 is 0 Å². The first-order valence-electron chi connectivity index (χ1n) is 7.04. The molecule has 0 fully saturated rings. The minimum Gasteiger partial charge on any atom is -0.395 e. The van der Waals surface area contributed by atoms with E-state index in [4.69, 9.17) is 22.4 Å². The van der Waals surface area contributed by atoms with Crippen LogP contribution < -0.4 is 5.73 Å². The van der Waals surface area contributed by atoms with E-state index in [0.29, 0.717) is 22.2 Å². The lowest BCUT2D eigenvalue weighted by molar-refractivity contribution is 0.257. The van der Waals surface area contributed by atoms with E-state index in [-0.39, 0.29) is 24.6 Å². The van der Waals surface area contributed by atoms with Gasteiger partial charge in [-0.1, -0.05) is 18.5 Å². The minimum absolute atomic E-state index is 0.0276. The van der Waals surface area contributed by atoms with Crippen LogP contribution in [0, 0.1) is 6.92 Å². The van der Waals surface area contributed by atoms with Crippen LogP contribution in [0.2, 0.25) is 5.02 Å². The van der Waals surface area contributed by atoms with Gasteiger partial charge in [-0.15, -0.1) is 0 Å². The van der Waals surface area contributed by atoms with Crippen LogP contribution in [-0.4, -0.2) is 47.3 Å². The van der Waals surface area contributed by atoms with Gasteiger partial charge in [-0.3, -0.25) is 0 Å². The molecular weight excluding hydrogens is 340 g/mol. The molecule has 0 radical (unpaired) electrons. The molecule has 0 atom stereocenters. The van der Waals surface area contributed by atoms with Gasteiger partial charge in [0.15, 0.2) is 0 Å². The second-order valence-electron chi connectivity index (χ2n) is 4.96. The predicted molar refractivity (Wildman–Crippen MR) is 89.2 cm³/mol. The SMILES string of the molecule is CCN(CCO)S(=O)(=O)c1ccc(Cl)c(-n2nc(C)cc2N)c1. The molecule has 9 heteroatoms. The Morgan fingerprint density at radius 3 is 2.61 bits per heavy atom. The summed E-state index contributed by atoms with van der Waals surface area (Å²) in [5.74, 6) is 0.363. The van der Waals surface area contributed by atoms with Crippen molar-refractivity contribution in [2.24, 2.45) is 0 Å². The van der Waals surface area contributed by atoms with Gasteiger partial charge in [-0.25, -0.2) is 13.1 Å². The summed E-state index contributed by atoms with van der Waals surface area (Å²) >= 11 is 6.17. The molecule has 126 valence electrons. The lowest BCUT2D eigenvalue weighted by Crippen LogP contribution is -2.33. The van der Waals surface area contributed by atoms with Crippen molar-refractivity contribution in [3.8, 4) is 5.69 Å². The van der Waals surface area contributed by atoms with Crippen LogP contribution in [0.5, 0.6) is 0 Å². The average Bonchev–Trinajstić information content (AvgIpc) is 2.83. The lowest BCUT2D eigenvalue weighted by Gasteiger charge is -2.20. The Hall–Kier alpha value is -1.61. The summed E-state index contributed by atoms with van der Waals surface area (Å²) in [6.07, 6.45) is 0. The van der Waals surface area contributed by atoms with Crippen LogP contribution in [0.4, 0.5) is 5.82 Å². The maximum absolute atomic E-state index is 12.6. The number of aryl methyl sites for hydroxylation is 1. The fraction of sp³-hybridized carbons (Fsp3) is 0.357. The second-order valence-corrected chi connectivity index (χ2v) is 7.30. The van der Waals surface area contributed by atoms with Gasteiger partial charge in [0.25, 0.3) is 0 Å². The number of anilines is 1. The first-order chi connectivity index (χ1) is 10.8. The molecule has 1 aromatic carbocycles. The highest BCUT2D eigenvalue weighted by molar-refractivity contribution is 7.89. The third-order valence-corrected chi connectivity index (χ3v) is 5.63. The zero-order chi connectivity index (χ0) is 17.2. The van der Waals surface area contributed by atoms with E-state index in [0.717, 1.165) is 0 Å². The molecule has 0 saturated heterocycles. The number of nitrogens with two attached hydrogens (primary N) is 1. The van der Waals surface area contributed by atoms with E-state index < -0.39 is 10.0 Å². The van der Waals surface area contributed by atoms with Gasteiger partial charge in [0.05, 0.1) is 27.9 Å². The molecule has 0 spiro atoms. The molecule has 0 aliphatic rings. The number of aliphatic hydroxyl groups is 1. The molecule has 23 heavy (non-hydrogen) atoms. The Balaban J connectivity index is 2.55. The van der Waals surface area contributed by atoms with Gasteiger partial charge < -0.3 is 10.8 Å². The molecule has 1 aromatic heterocycles. The average molecular weight is 359 g/mol. The number of hydrogen-bond acceptors (Lipinski definition) is 5. The van der Waals surface area contributed by atoms with Crippen molar-refractivity contribution in [1.82, 2.24) is 14.1 Å². The smallest absolute Gasteiger partial charge is 0.243 e. The molecule has 2 aromatic rings. The standard InChI is InChI=1S/C14H19ClN4O3S/c1-3-18(6-7-20)23(21,22)11-4-5-12(15)13(9-11)19-14(16)8-10(2)17-19/h4-5,8-9,20H,3,6-7,16H2,1-2H3. The van der Waals surface area contributed by atoms with Crippen molar-refractivity contribution < 1.29 is 13.5 Å². The molecule has 0 bridgehead atoms. The number of hydrogen-bond donors (Lipinski definition) is 2. The highest BCUT2D eigenvalue weighted by Crippen LogP contribution is 2.27. The van der Waals surface area contributed by atoms with Crippen LogP contribution in [0.15, 0.2) is 29.2 Å². The van der Waals surface area contributed by atoms with Crippen molar-refractivity contribution in [3.63, 3.8) is 0 Å². The summed E-state index contributed by atoms with van der Waals surface area (Å²) < 4.78 is 27.9. The molecule has 0 unspecified atom stereocenters. The fourth-order valence-electron chi connectivity index (χ4n) is 2.24. The maximum Gasteiger partial charge on any atom is 0.243 e. The van der Waals surface area contributed by atoms with Gasteiger partial charge in [0.1, 0.15) is 5.82 Å². The summed E-state index contributed by atoms with van der Waals surface area (Å²) in [6, 6.07) is 6.02. The molecule has 3 N–H and O–H groups in total. The zero-order valence-electron chi connectivity index (χ0n) is 12.9. The van der Waals surface area contributed by atoms with E-state index in [9.17, 15) is 8.42 Å². The molecule has 0 aliphatic heterocycles. The van der Waals surface area contributed by atoms with Gasteiger partial charge in [0, 0.05) is 19.2 Å². The first kappa shape index (κ1) is 17.7. The Morgan fingerprint density at radius 2 is 2.09 bits per heavy atom. The van der Waals surface area contributed by atoms with Crippen molar-refractivity contribution in [1.29, 1.82) is 0 Å². The first-order valence-corrected chi connectivity index (χ1v) is 8.86. The van der Waals surface area contributed by atoms with Crippen LogP contribution >= 0.6 is 11.6 Å². The highest BCUT2D eigenvalue weighted by atomic mass is 35.5. The monoisotopic (exact) mass is 358 g/mol. The summed E-state index contributed by atoms with van der Waals surface area (Å²) in [5.41, 5.74) is 6.97. The van der Waals surface area contributed by atoms with Crippen molar-refractivity contribution >= 4 is 27.4 Å². The molecule has 0 saturated carbocycles.